The van der Waals surface area contributed by atoms with Gasteiger partial charge in [-0.15, -0.1) is 0 Å². The van der Waals surface area contributed by atoms with Crippen LogP contribution >= 0.6 is 0 Å². The van der Waals surface area contributed by atoms with E-state index in [9.17, 15) is 9.59 Å². The van der Waals surface area contributed by atoms with Crippen LogP contribution in [0.4, 0.5) is 10.5 Å². The zero-order valence-corrected chi connectivity index (χ0v) is 15.6. The van der Waals surface area contributed by atoms with E-state index in [1.807, 2.05) is 29.2 Å². The van der Waals surface area contributed by atoms with Crippen molar-refractivity contribution in [3.05, 3.63) is 24.3 Å². The van der Waals surface area contributed by atoms with Crippen molar-refractivity contribution in [2.75, 3.05) is 44.3 Å². The fourth-order valence-corrected chi connectivity index (χ4v) is 4.04. The second kappa shape index (κ2) is 8.17. The van der Waals surface area contributed by atoms with Gasteiger partial charge in [-0.2, -0.15) is 0 Å². The first-order valence-corrected chi connectivity index (χ1v) is 9.90. The number of rotatable bonds is 3. The molecule has 4 rings (SSSR count). The van der Waals surface area contributed by atoms with Crippen molar-refractivity contribution in [2.45, 2.75) is 31.8 Å². The summed E-state index contributed by atoms with van der Waals surface area (Å²) in [6, 6.07) is 7.63. The van der Waals surface area contributed by atoms with Crippen LogP contribution in [0.2, 0.25) is 0 Å². The van der Waals surface area contributed by atoms with Crippen LogP contribution in [0.1, 0.15) is 25.7 Å². The number of para-hydroxylation sites is 2. The number of nitrogens with zero attached hydrogens (tertiary/aromatic N) is 2. The number of carbonyl (C=O) groups excluding carboxylic acids is 2. The van der Waals surface area contributed by atoms with Gasteiger partial charge in [0, 0.05) is 32.2 Å². The molecule has 1 N–H and O–H groups in total. The molecule has 0 aliphatic carbocycles. The maximum Gasteiger partial charge on any atom is 0.324 e. The number of amides is 3. The Bertz CT molecular complexity index is 682. The van der Waals surface area contributed by atoms with Crippen LogP contribution < -0.4 is 15.0 Å². The molecule has 7 heteroatoms. The van der Waals surface area contributed by atoms with Gasteiger partial charge in [0.1, 0.15) is 12.4 Å². The van der Waals surface area contributed by atoms with Gasteiger partial charge in [0.15, 0.2) is 0 Å². The van der Waals surface area contributed by atoms with E-state index in [1.54, 1.807) is 4.90 Å². The fourth-order valence-electron chi connectivity index (χ4n) is 4.04. The van der Waals surface area contributed by atoms with Crippen molar-refractivity contribution in [1.82, 2.24) is 10.2 Å². The molecule has 2 fully saturated rings. The lowest BCUT2D eigenvalue weighted by Gasteiger charge is -2.37. The van der Waals surface area contributed by atoms with Crippen molar-refractivity contribution >= 4 is 17.6 Å². The van der Waals surface area contributed by atoms with E-state index in [4.69, 9.17) is 9.47 Å². The third-order valence-corrected chi connectivity index (χ3v) is 5.62. The number of hydrogen-bond acceptors (Lipinski definition) is 4. The van der Waals surface area contributed by atoms with Gasteiger partial charge in [-0.3, -0.25) is 9.69 Å². The highest BCUT2D eigenvalue weighted by Gasteiger charge is 2.32. The summed E-state index contributed by atoms with van der Waals surface area (Å²) in [5.41, 5.74) is 0.824. The van der Waals surface area contributed by atoms with Crippen molar-refractivity contribution < 1.29 is 19.1 Å². The van der Waals surface area contributed by atoms with Crippen molar-refractivity contribution in [1.29, 1.82) is 0 Å². The first-order valence-electron chi connectivity index (χ1n) is 9.90. The van der Waals surface area contributed by atoms with E-state index in [0.717, 1.165) is 30.9 Å². The number of fused-ring (bicyclic) bond motifs is 1. The maximum atomic E-state index is 13.0. The van der Waals surface area contributed by atoms with Gasteiger partial charge >= 0.3 is 6.03 Å². The molecule has 0 unspecified atom stereocenters. The molecule has 2 saturated heterocycles. The Kier molecular flexibility index (Phi) is 5.48. The van der Waals surface area contributed by atoms with Crippen LogP contribution in [0, 0.1) is 5.92 Å². The van der Waals surface area contributed by atoms with E-state index in [-0.39, 0.29) is 24.0 Å². The van der Waals surface area contributed by atoms with Gasteiger partial charge < -0.3 is 19.7 Å². The summed E-state index contributed by atoms with van der Waals surface area (Å²) in [4.78, 5) is 29.0. The molecule has 7 nitrogen and oxygen atoms in total. The number of nitrogens with one attached hydrogen (secondary N) is 1. The molecule has 146 valence electrons. The third-order valence-electron chi connectivity index (χ3n) is 5.62. The van der Waals surface area contributed by atoms with Crippen LogP contribution in [0.15, 0.2) is 24.3 Å². The monoisotopic (exact) mass is 373 g/mol. The predicted molar refractivity (Wildman–Crippen MR) is 101 cm³/mol. The average Bonchev–Trinajstić information content (AvgIpc) is 3.25. The number of ether oxygens (including phenoxy) is 2. The van der Waals surface area contributed by atoms with Gasteiger partial charge in [0.25, 0.3) is 0 Å². The predicted octanol–water partition coefficient (Wildman–Crippen LogP) is 2.01. The van der Waals surface area contributed by atoms with Gasteiger partial charge in [-0.05, 0) is 37.8 Å². The minimum Gasteiger partial charge on any atom is -0.490 e. The number of hydrogen-bond donors (Lipinski definition) is 1. The highest BCUT2D eigenvalue weighted by atomic mass is 16.5. The molecule has 1 aromatic carbocycles. The molecule has 27 heavy (non-hydrogen) atoms. The van der Waals surface area contributed by atoms with Crippen molar-refractivity contribution in [3.8, 4) is 5.75 Å². The van der Waals surface area contributed by atoms with E-state index in [1.165, 1.54) is 0 Å². The summed E-state index contributed by atoms with van der Waals surface area (Å²) < 4.78 is 11.2. The first kappa shape index (κ1) is 18.1. The number of carbonyl (C=O) groups is 2. The second-order valence-electron chi connectivity index (χ2n) is 7.39. The molecular weight excluding hydrogens is 346 g/mol. The highest BCUT2D eigenvalue weighted by molar-refractivity contribution is 5.94. The summed E-state index contributed by atoms with van der Waals surface area (Å²) in [5, 5.41) is 3.02. The van der Waals surface area contributed by atoms with E-state index in [0.29, 0.717) is 45.6 Å². The first-order chi connectivity index (χ1) is 13.2. The summed E-state index contributed by atoms with van der Waals surface area (Å²) in [7, 11) is 0. The lowest BCUT2D eigenvalue weighted by Crippen LogP contribution is -2.50. The van der Waals surface area contributed by atoms with Crippen LogP contribution in [-0.4, -0.2) is 62.3 Å². The average molecular weight is 373 g/mol. The van der Waals surface area contributed by atoms with Crippen LogP contribution in [0.5, 0.6) is 5.75 Å². The van der Waals surface area contributed by atoms with Gasteiger partial charge in [-0.25, -0.2) is 4.79 Å². The lowest BCUT2D eigenvalue weighted by atomic mass is 9.96. The number of urea groups is 1. The molecule has 3 amide bonds. The van der Waals surface area contributed by atoms with Crippen molar-refractivity contribution in [2.24, 2.45) is 5.92 Å². The van der Waals surface area contributed by atoms with Gasteiger partial charge in [0.05, 0.1) is 18.3 Å². The fraction of sp³-hybridized carbons (Fsp3) is 0.600. The molecular formula is C20H27N3O4. The van der Waals surface area contributed by atoms with Crippen LogP contribution in [0.25, 0.3) is 0 Å². The molecule has 1 aromatic rings. The lowest BCUT2D eigenvalue weighted by molar-refractivity contribution is -0.126. The standard InChI is InChI=1S/C20H27N3O4/c24-19(21-14-16-4-3-12-26-16)15-7-9-22(10-8-15)20(25)23-11-13-27-18-6-2-1-5-17(18)23/h1-2,5-6,15-16H,3-4,7-14H2,(H,21,24)/t16-/m1/s1. The quantitative estimate of drug-likeness (QED) is 0.880. The Hall–Kier alpha value is -2.28. The summed E-state index contributed by atoms with van der Waals surface area (Å²) >= 11 is 0. The molecule has 0 bridgehead atoms. The molecule has 3 aliphatic heterocycles. The summed E-state index contributed by atoms with van der Waals surface area (Å²) in [6.45, 7) is 3.67. The molecule has 3 aliphatic rings. The Balaban J connectivity index is 1.29. The molecule has 0 aromatic heterocycles. The van der Waals surface area contributed by atoms with Crippen LogP contribution in [-0.2, 0) is 9.53 Å². The summed E-state index contributed by atoms with van der Waals surface area (Å²) in [6.07, 6.45) is 3.67. The molecule has 0 saturated carbocycles. The van der Waals surface area contributed by atoms with E-state index in [2.05, 4.69) is 5.32 Å². The Morgan fingerprint density at radius 2 is 1.89 bits per heavy atom. The number of likely N-dealkylation sites (tertiary alicyclic amines) is 1. The minimum atomic E-state index is -0.0209. The number of benzene rings is 1. The minimum absolute atomic E-state index is 0.00367. The molecule has 0 radical (unpaired) electrons. The topological polar surface area (TPSA) is 71.1 Å². The number of piperidine rings is 1. The van der Waals surface area contributed by atoms with Crippen molar-refractivity contribution in [3.63, 3.8) is 0 Å². The SMILES string of the molecule is O=C(NC[C@H]1CCCO1)C1CCN(C(=O)N2CCOc3ccccc32)CC1. The highest BCUT2D eigenvalue weighted by Crippen LogP contribution is 2.32. The normalized spacial score (nSPS) is 22.9. The Labute approximate surface area is 159 Å². The molecule has 1 atom stereocenters. The zero-order chi connectivity index (χ0) is 18.6. The molecule has 0 spiro atoms. The summed E-state index contributed by atoms with van der Waals surface area (Å²) in [5.74, 6) is 0.822. The van der Waals surface area contributed by atoms with E-state index >= 15 is 0 Å². The third kappa shape index (κ3) is 4.03. The largest absolute Gasteiger partial charge is 0.490 e. The Morgan fingerprint density at radius 1 is 1.07 bits per heavy atom. The zero-order valence-electron chi connectivity index (χ0n) is 15.6. The van der Waals surface area contributed by atoms with E-state index < -0.39 is 0 Å². The number of anilines is 1. The maximum absolute atomic E-state index is 13.0. The van der Waals surface area contributed by atoms with Gasteiger partial charge in [-0.1, -0.05) is 12.1 Å². The van der Waals surface area contributed by atoms with Gasteiger partial charge in [0.2, 0.25) is 5.91 Å². The van der Waals surface area contributed by atoms with Crippen LogP contribution in [0.3, 0.4) is 0 Å². The molecule has 3 heterocycles. The second-order valence-corrected chi connectivity index (χ2v) is 7.39. The Morgan fingerprint density at radius 3 is 2.67 bits per heavy atom. The smallest absolute Gasteiger partial charge is 0.324 e.